The molecule has 0 heterocycles. The summed E-state index contributed by atoms with van der Waals surface area (Å²) in [6.45, 7) is 2.87. The van der Waals surface area contributed by atoms with Crippen molar-refractivity contribution in [1.82, 2.24) is 11.0 Å². The second-order valence-electron chi connectivity index (χ2n) is 3.14. The number of hydrogen-bond acceptors (Lipinski definition) is 4. The standard InChI is InChI=1S/C11H16N2O2/c1-2-3-9-12-13-15-11(14)10-7-5-4-6-8-10/h4-8,12-13H,2-3,9H2,1H3. The van der Waals surface area contributed by atoms with Crippen LogP contribution in [0.4, 0.5) is 0 Å². The molecule has 0 unspecified atom stereocenters. The summed E-state index contributed by atoms with van der Waals surface area (Å²) in [7, 11) is 0. The molecule has 0 aliphatic rings. The smallest absolute Gasteiger partial charge is 0.351 e. The number of carbonyl (C=O) groups is 1. The largest absolute Gasteiger partial charge is 0.357 e. The van der Waals surface area contributed by atoms with Crippen LogP contribution < -0.4 is 11.0 Å². The maximum atomic E-state index is 11.4. The Hall–Kier alpha value is -1.39. The van der Waals surface area contributed by atoms with E-state index >= 15 is 0 Å². The first-order valence-corrected chi connectivity index (χ1v) is 5.08. The van der Waals surface area contributed by atoms with Crippen LogP contribution in [-0.4, -0.2) is 12.5 Å². The van der Waals surface area contributed by atoms with Gasteiger partial charge in [0.1, 0.15) is 0 Å². The van der Waals surface area contributed by atoms with Crippen LogP contribution in [-0.2, 0) is 4.84 Å². The Morgan fingerprint density at radius 3 is 2.73 bits per heavy atom. The lowest BCUT2D eigenvalue weighted by Crippen LogP contribution is -2.34. The van der Waals surface area contributed by atoms with E-state index in [0.717, 1.165) is 19.4 Å². The number of unbranched alkanes of at least 4 members (excludes halogenated alkanes) is 1. The van der Waals surface area contributed by atoms with Gasteiger partial charge in [-0.15, -0.1) is 0 Å². The third-order valence-corrected chi connectivity index (χ3v) is 1.88. The van der Waals surface area contributed by atoms with Gasteiger partial charge in [0.15, 0.2) is 0 Å². The first-order chi connectivity index (χ1) is 7.34. The van der Waals surface area contributed by atoms with Crippen molar-refractivity contribution in [3.8, 4) is 0 Å². The van der Waals surface area contributed by atoms with Gasteiger partial charge in [0.2, 0.25) is 0 Å². The maximum Gasteiger partial charge on any atom is 0.357 e. The van der Waals surface area contributed by atoms with Gasteiger partial charge in [-0.25, -0.2) is 10.2 Å². The Kier molecular flexibility index (Phi) is 5.43. The minimum absolute atomic E-state index is 0.389. The predicted molar refractivity (Wildman–Crippen MR) is 57.9 cm³/mol. The molecular formula is C11H16N2O2. The molecule has 4 nitrogen and oxygen atoms in total. The third kappa shape index (κ3) is 4.58. The molecule has 0 aliphatic carbocycles. The summed E-state index contributed by atoms with van der Waals surface area (Å²) in [5.41, 5.74) is 5.74. The highest BCUT2D eigenvalue weighted by Gasteiger charge is 2.04. The zero-order chi connectivity index (χ0) is 10.9. The summed E-state index contributed by atoms with van der Waals surface area (Å²) in [4.78, 5) is 16.1. The van der Waals surface area contributed by atoms with Crippen molar-refractivity contribution in [3.05, 3.63) is 35.9 Å². The average molecular weight is 208 g/mol. The van der Waals surface area contributed by atoms with E-state index in [0.29, 0.717) is 5.56 Å². The van der Waals surface area contributed by atoms with Gasteiger partial charge in [0, 0.05) is 6.54 Å². The minimum atomic E-state index is -0.389. The Labute approximate surface area is 89.6 Å². The maximum absolute atomic E-state index is 11.4. The summed E-state index contributed by atoms with van der Waals surface area (Å²) < 4.78 is 0. The highest BCUT2D eigenvalue weighted by atomic mass is 16.7. The van der Waals surface area contributed by atoms with E-state index in [4.69, 9.17) is 4.84 Å². The highest BCUT2D eigenvalue weighted by molar-refractivity contribution is 5.89. The molecule has 0 bridgehead atoms. The van der Waals surface area contributed by atoms with Crippen LogP contribution in [0.5, 0.6) is 0 Å². The molecule has 0 saturated heterocycles. The van der Waals surface area contributed by atoms with E-state index < -0.39 is 0 Å². The van der Waals surface area contributed by atoms with Crippen molar-refractivity contribution in [2.75, 3.05) is 6.54 Å². The van der Waals surface area contributed by atoms with E-state index in [1.807, 2.05) is 6.07 Å². The lowest BCUT2D eigenvalue weighted by atomic mass is 10.2. The van der Waals surface area contributed by atoms with E-state index in [9.17, 15) is 4.79 Å². The molecule has 0 aromatic heterocycles. The quantitative estimate of drug-likeness (QED) is 0.551. The molecule has 15 heavy (non-hydrogen) atoms. The van der Waals surface area contributed by atoms with Crippen molar-refractivity contribution < 1.29 is 9.63 Å². The molecule has 1 aromatic carbocycles. The Morgan fingerprint density at radius 1 is 1.33 bits per heavy atom. The molecule has 4 heteroatoms. The summed E-state index contributed by atoms with van der Waals surface area (Å²) >= 11 is 0. The van der Waals surface area contributed by atoms with Crippen LogP contribution >= 0.6 is 0 Å². The molecule has 1 rings (SSSR count). The van der Waals surface area contributed by atoms with Crippen molar-refractivity contribution in [3.63, 3.8) is 0 Å². The predicted octanol–water partition coefficient (Wildman–Crippen LogP) is 1.65. The van der Waals surface area contributed by atoms with Crippen molar-refractivity contribution in [2.24, 2.45) is 0 Å². The van der Waals surface area contributed by atoms with Gasteiger partial charge in [-0.1, -0.05) is 37.1 Å². The number of hydrogen-bond donors (Lipinski definition) is 2. The van der Waals surface area contributed by atoms with E-state index in [2.05, 4.69) is 17.9 Å². The zero-order valence-corrected chi connectivity index (χ0v) is 8.82. The average Bonchev–Trinajstić information content (AvgIpc) is 2.30. The Bertz CT molecular complexity index is 288. The lowest BCUT2D eigenvalue weighted by molar-refractivity contribution is 0.0131. The fourth-order valence-corrected chi connectivity index (χ4v) is 1.03. The van der Waals surface area contributed by atoms with Crippen LogP contribution in [0.1, 0.15) is 30.1 Å². The lowest BCUT2D eigenvalue weighted by Gasteiger charge is -2.06. The summed E-state index contributed by atoms with van der Waals surface area (Å²) in [5.74, 6) is -0.389. The second-order valence-corrected chi connectivity index (χ2v) is 3.14. The Morgan fingerprint density at radius 2 is 2.07 bits per heavy atom. The molecule has 0 radical (unpaired) electrons. The number of hydrazine groups is 1. The van der Waals surface area contributed by atoms with Gasteiger partial charge >= 0.3 is 5.97 Å². The molecule has 82 valence electrons. The topological polar surface area (TPSA) is 50.4 Å². The zero-order valence-electron chi connectivity index (χ0n) is 8.82. The number of carbonyl (C=O) groups excluding carboxylic acids is 1. The fraction of sp³-hybridized carbons (Fsp3) is 0.364. The second kappa shape index (κ2) is 6.98. The highest BCUT2D eigenvalue weighted by Crippen LogP contribution is 1.98. The van der Waals surface area contributed by atoms with E-state index in [1.165, 1.54) is 0 Å². The van der Waals surface area contributed by atoms with Crippen molar-refractivity contribution in [1.29, 1.82) is 0 Å². The minimum Gasteiger partial charge on any atom is -0.351 e. The van der Waals surface area contributed by atoms with Gasteiger partial charge in [-0.2, -0.15) is 0 Å². The number of rotatable bonds is 6. The molecule has 2 N–H and O–H groups in total. The van der Waals surface area contributed by atoms with Crippen LogP contribution in [0, 0.1) is 0 Å². The van der Waals surface area contributed by atoms with Gasteiger partial charge < -0.3 is 4.84 Å². The van der Waals surface area contributed by atoms with Crippen LogP contribution in [0.3, 0.4) is 0 Å². The van der Waals surface area contributed by atoms with E-state index in [-0.39, 0.29) is 5.97 Å². The van der Waals surface area contributed by atoms with Crippen molar-refractivity contribution in [2.45, 2.75) is 19.8 Å². The van der Waals surface area contributed by atoms with E-state index in [1.54, 1.807) is 24.3 Å². The van der Waals surface area contributed by atoms with Crippen LogP contribution in [0.15, 0.2) is 30.3 Å². The summed E-state index contributed by atoms with van der Waals surface area (Å²) in [6.07, 6.45) is 2.14. The van der Waals surface area contributed by atoms with Crippen LogP contribution in [0.2, 0.25) is 0 Å². The summed E-state index contributed by atoms with van der Waals surface area (Å²) in [5, 5.41) is 0. The van der Waals surface area contributed by atoms with Gasteiger partial charge in [0.25, 0.3) is 0 Å². The van der Waals surface area contributed by atoms with Gasteiger partial charge in [-0.3, -0.25) is 0 Å². The molecule has 0 fully saturated rings. The molecular weight excluding hydrogens is 192 g/mol. The molecule has 1 aromatic rings. The third-order valence-electron chi connectivity index (χ3n) is 1.88. The van der Waals surface area contributed by atoms with Crippen LogP contribution in [0.25, 0.3) is 0 Å². The normalized spacial score (nSPS) is 9.93. The monoisotopic (exact) mass is 208 g/mol. The van der Waals surface area contributed by atoms with Crippen molar-refractivity contribution >= 4 is 5.97 Å². The number of nitrogens with one attached hydrogen (secondary N) is 2. The molecule has 0 atom stereocenters. The Balaban J connectivity index is 2.20. The summed E-state index contributed by atoms with van der Waals surface area (Å²) in [6, 6.07) is 8.85. The molecule has 0 amide bonds. The first-order valence-electron chi connectivity index (χ1n) is 5.08. The molecule has 0 saturated carbocycles. The number of benzene rings is 1. The molecule has 0 spiro atoms. The fourth-order valence-electron chi connectivity index (χ4n) is 1.03. The first kappa shape index (κ1) is 11.7. The van der Waals surface area contributed by atoms with Gasteiger partial charge in [0.05, 0.1) is 5.56 Å². The molecule has 0 aliphatic heterocycles. The van der Waals surface area contributed by atoms with Gasteiger partial charge in [-0.05, 0) is 18.6 Å². The SMILES string of the molecule is CCCCNNOC(=O)c1ccccc1.